The maximum atomic E-state index is 11.1. The van der Waals surface area contributed by atoms with E-state index in [4.69, 9.17) is 14.2 Å². The smallest absolute Gasteiger partial charge is 0.331 e. The molecule has 0 aromatic rings. The lowest BCUT2D eigenvalue weighted by Gasteiger charge is -2.16. The van der Waals surface area contributed by atoms with Gasteiger partial charge in [0.25, 0.3) is 0 Å². The fourth-order valence-electron chi connectivity index (χ4n) is 2.18. The molecule has 0 aromatic carbocycles. The Labute approximate surface area is 120 Å². The van der Waals surface area contributed by atoms with Crippen molar-refractivity contribution in [2.24, 2.45) is 0 Å². The van der Waals surface area contributed by atoms with Crippen LogP contribution < -0.4 is 0 Å². The summed E-state index contributed by atoms with van der Waals surface area (Å²) in [6, 6.07) is 0. The number of cyclic esters (lactones) is 1. The third-order valence-electron chi connectivity index (χ3n) is 3.23. The van der Waals surface area contributed by atoms with E-state index in [0.717, 1.165) is 18.4 Å². The summed E-state index contributed by atoms with van der Waals surface area (Å²) >= 11 is 0. The van der Waals surface area contributed by atoms with Crippen molar-refractivity contribution in [3.8, 4) is 0 Å². The first-order valence-corrected chi connectivity index (χ1v) is 6.98. The van der Waals surface area contributed by atoms with Gasteiger partial charge >= 0.3 is 5.97 Å². The maximum Gasteiger partial charge on any atom is 0.331 e. The Morgan fingerprint density at radius 3 is 2.95 bits per heavy atom. The zero-order valence-electron chi connectivity index (χ0n) is 12.3. The molecule has 0 aliphatic carbocycles. The van der Waals surface area contributed by atoms with Gasteiger partial charge in [-0.2, -0.15) is 0 Å². The lowest BCUT2D eigenvalue weighted by Crippen LogP contribution is -2.21. The Hall–Kier alpha value is -1.39. The average Bonchev–Trinajstić information content (AvgIpc) is 2.74. The molecule has 1 saturated heterocycles. The molecule has 0 radical (unpaired) electrons. The second-order valence-electron chi connectivity index (χ2n) is 5.61. The molecule has 2 aliphatic rings. The van der Waals surface area contributed by atoms with Crippen LogP contribution in [0.1, 0.15) is 33.6 Å². The quantitative estimate of drug-likeness (QED) is 0.586. The van der Waals surface area contributed by atoms with Crippen molar-refractivity contribution in [1.82, 2.24) is 0 Å². The van der Waals surface area contributed by atoms with E-state index < -0.39 is 5.79 Å². The highest BCUT2D eigenvalue weighted by Crippen LogP contribution is 2.24. The standard InChI is InChI=1S/C16H22O4/c1-12(7-9-13-5-4-6-15(17)19-13)8-10-14-11-18-16(2,3)20-14/h4,6-9,13-14H,5,10-11H2,1-3H3/b9-7+,12-8+/t13-,14-/m1/s1. The summed E-state index contributed by atoms with van der Waals surface area (Å²) in [6.07, 6.45) is 10.9. The van der Waals surface area contributed by atoms with E-state index in [9.17, 15) is 4.79 Å². The second kappa shape index (κ2) is 6.37. The number of ether oxygens (including phenoxy) is 3. The second-order valence-corrected chi connectivity index (χ2v) is 5.61. The molecule has 0 N–H and O–H groups in total. The number of hydrogen-bond donors (Lipinski definition) is 0. The zero-order chi connectivity index (χ0) is 14.6. The molecular formula is C16H22O4. The first-order chi connectivity index (χ1) is 9.44. The van der Waals surface area contributed by atoms with E-state index in [-0.39, 0.29) is 18.2 Å². The molecule has 2 aliphatic heterocycles. The van der Waals surface area contributed by atoms with Crippen molar-refractivity contribution >= 4 is 5.97 Å². The predicted octanol–water partition coefficient (Wildman–Crippen LogP) is 2.90. The topological polar surface area (TPSA) is 44.8 Å². The highest BCUT2D eigenvalue weighted by molar-refractivity contribution is 5.82. The largest absolute Gasteiger partial charge is 0.455 e. The van der Waals surface area contributed by atoms with Gasteiger partial charge in [-0.3, -0.25) is 0 Å². The summed E-state index contributed by atoms with van der Waals surface area (Å²) in [5, 5.41) is 0. The molecule has 0 amide bonds. The van der Waals surface area contributed by atoms with Crippen molar-refractivity contribution < 1.29 is 19.0 Å². The lowest BCUT2D eigenvalue weighted by molar-refractivity contribution is -0.141. The molecule has 2 rings (SSSR count). The summed E-state index contributed by atoms with van der Waals surface area (Å²) in [4.78, 5) is 11.1. The van der Waals surface area contributed by atoms with Gasteiger partial charge in [0.05, 0.1) is 12.7 Å². The van der Waals surface area contributed by atoms with Gasteiger partial charge in [-0.05, 0) is 33.3 Å². The van der Waals surface area contributed by atoms with Gasteiger partial charge in [0.1, 0.15) is 6.10 Å². The van der Waals surface area contributed by atoms with Gasteiger partial charge < -0.3 is 14.2 Å². The van der Waals surface area contributed by atoms with Crippen molar-refractivity contribution in [3.05, 3.63) is 36.0 Å². The molecule has 1 fully saturated rings. The van der Waals surface area contributed by atoms with Crippen LogP contribution in [0.5, 0.6) is 0 Å². The summed E-state index contributed by atoms with van der Waals surface area (Å²) in [5.41, 5.74) is 1.13. The van der Waals surface area contributed by atoms with Gasteiger partial charge in [-0.25, -0.2) is 4.79 Å². The molecule has 4 heteroatoms. The molecular weight excluding hydrogens is 256 g/mol. The molecule has 0 spiro atoms. The Morgan fingerprint density at radius 2 is 2.30 bits per heavy atom. The van der Waals surface area contributed by atoms with E-state index >= 15 is 0 Å². The minimum atomic E-state index is -0.467. The van der Waals surface area contributed by atoms with E-state index in [2.05, 4.69) is 6.08 Å². The van der Waals surface area contributed by atoms with Crippen LogP contribution in [0, 0.1) is 0 Å². The highest BCUT2D eigenvalue weighted by Gasteiger charge is 2.31. The van der Waals surface area contributed by atoms with Crippen LogP contribution in [0.25, 0.3) is 0 Å². The van der Waals surface area contributed by atoms with Crippen LogP contribution in [0.4, 0.5) is 0 Å². The first kappa shape index (κ1) is 15.0. The maximum absolute atomic E-state index is 11.1. The van der Waals surface area contributed by atoms with Crippen LogP contribution in [0.15, 0.2) is 36.0 Å². The van der Waals surface area contributed by atoms with Crippen molar-refractivity contribution in [1.29, 1.82) is 0 Å². The Bertz CT molecular complexity index is 445. The first-order valence-electron chi connectivity index (χ1n) is 6.98. The summed E-state index contributed by atoms with van der Waals surface area (Å²) in [5.74, 6) is -0.739. The van der Waals surface area contributed by atoms with Gasteiger partial charge in [0.2, 0.25) is 0 Å². The van der Waals surface area contributed by atoms with E-state index in [0.29, 0.717) is 6.61 Å². The van der Waals surface area contributed by atoms with Gasteiger partial charge in [-0.1, -0.05) is 23.8 Å². The van der Waals surface area contributed by atoms with E-state index in [1.165, 1.54) is 6.08 Å². The SMILES string of the molecule is CC(/C=C/[C@H]1CC=CC(=O)O1)=C\C[C@@H]1COC(C)(C)O1. The minimum absolute atomic E-state index is 0.115. The fraction of sp³-hybridized carbons (Fsp3) is 0.562. The van der Waals surface area contributed by atoms with Crippen LogP contribution in [-0.2, 0) is 19.0 Å². The third-order valence-corrected chi connectivity index (χ3v) is 3.23. The monoisotopic (exact) mass is 278 g/mol. The number of rotatable bonds is 4. The number of allylic oxidation sites excluding steroid dienone is 2. The molecule has 2 atom stereocenters. The van der Waals surface area contributed by atoms with Crippen molar-refractivity contribution in [2.75, 3.05) is 6.61 Å². The lowest BCUT2D eigenvalue weighted by atomic mass is 10.1. The Morgan fingerprint density at radius 1 is 1.50 bits per heavy atom. The molecule has 0 unspecified atom stereocenters. The number of carbonyl (C=O) groups excluding carboxylic acids is 1. The normalized spacial score (nSPS) is 29.9. The number of hydrogen-bond acceptors (Lipinski definition) is 4. The Kier molecular flexibility index (Phi) is 4.78. The van der Waals surface area contributed by atoms with Gasteiger partial charge in [0, 0.05) is 12.5 Å². The summed E-state index contributed by atoms with van der Waals surface area (Å²) < 4.78 is 16.4. The predicted molar refractivity (Wildman–Crippen MR) is 76.1 cm³/mol. The van der Waals surface area contributed by atoms with E-state index in [1.807, 2.05) is 39.0 Å². The van der Waals surface area contributed by atoms with Gasteiger partial charge in [0.15, 0.2) is 5.79 Å². The van der Waals surface area contributed by atoms with Crippen LogP contribution in [0.3, 0.4) is 0 Å². The molecule has 4 nitrogen and oxygen atoms in total. The fourth-order valence-corrected chi connectivity index (χ4v) is 2.18. The van der Waals surface area contributed by atoms with Crippen LogP contribution >= 0.6 is 0 Å². The highest BCUT2D eigenvalue weighted by atomic mass is 16.7. The third kappa shape index (κ3) is 4.62. The van der Waals surface area contributed by atoms with Crippen LogP contribution in [0.2, 0.25) is 0 Å². The van der Waals surface area contributed by atoms with Crippen molar-refractivity contribution in [3.63, 3.8) is 0 Å². The molecule has 0 bridgehead atoms. The molecule has 110 valence electrons. The molecule has 2 heterocycles. The van der Waals surface area contributed by atoms with Gasteiger partial charge in [-0.15, -0.1) is 0 Å². The zero-order valence-corrected chi connectivity index (χ0v) is 12.3. The minimum Gasteiger partial charge on any atom is -0.455 e. The van der Waals surface area contributed by atoms with Crippen molar-refractivity contribution in [2.45, 2.75) is 51.6 Å². The van der Waals surface area contributed by atoms with Crippen LogP contribution in [-0.4, -0.2) is 30.6 Å². The summed E-state index contributed by atoms with van der Waals surface area (Å²) in [7, 11) is 0. The number of esters is 1. The average molecular weight is 278 g/mol. The summed E-state index contributed by atoms with van der Waals surface area (Å²) in [6.45, 7) is 6.51. The molecule has 0 aromatic heterocycles. The Balaban J connectivity index is 1.79. The molecule has 0 saturated carbocycles. The molecule has 20 heavy (non-hydrogen) atoms. The van der Waals surface area contributed by atoms with E-state index in [1.54, 1.807) is 0 Å². The number of carbonyl (C=O) groups is 1.